The summed E-state index contributed by atoms with van der Waals surface area (Å²) in [5, 5.41) is 3.14. The average Bonchev–Trinajstić information content (AvgIpc) is 2.97. The van der Waals surface area contributed by atoms with Crippen molar-refractivity contribution in [2.45, 2.75) is 30.8 Å². The summed E-state index contributed by atoms with van der Waals surface area (Å²) in [6.07, 6.45) is 0.248. The van der Waals surface area contributed by atoms with Crippen LogP contribution in [0.5, 0.6) is 11.5 Å². The molecule has 0 radical (unpaired) electrons. The molecule has 0 aromatic heterocycles. The van der Waals surface area contributed by atoms with Crippen molar-refractivity contribution >= 4 is 50.7 Å². The van der Waals surface area contributed by atoms with Crippen LogP contribution in [0.15, 0.2) is 65.6 Å². The molecule has 1 aliphatic rings. The number of hydrogen-bond acceptors (Lipinski definition) is 6. The zero-order valence-corrected chi connectivity index (χ0v) is 24.6. The zero-order chi connectivity index (χ0) is 29.7. The van der Waals surface area contributed by atoms with Crippen molar-refractivity contribution in [1.29, 1.82) is 0 Å². The van der Waals surface area contributed by atoms with Crippen molar-refractivity contribution < 1.29 is 31.9 Å². The molecular formula is C28H28Cl2FN3O6S. The second-order valence-electron chi connectivity index (χ2n) is 9.10. The van der Waals surface area contributed by atoms with E-state index in [-0.39, 0.29) is 40.9 Å². The molecule has 4 rings (SSSR count). The number of anilines is 1. The van der Waals surface area contributed by atoms with E-state index in [0.29, 0.717) is 22.9 Å². The zero-order valence-electron chi connectivity index (χ0n) is 22.3. The quantitative estimate of drug-likeness (QED) is 0.352. The van der Waals surface area contributed by atoms with Gasteiger partial charge in [-0.1, -0.05) is 36.2 Å². The molecule has 1 heterocycles. The Kier molecular flexibility index (Phi) is 9.62. The number of hydrogen-bond donors (Lipinski definition) is 1. The van der Waals surface area contributed by atoms with Crippen LogP contribution in [0.3, 0.4) is 0 Å². The first-order valence-corrected chi connectivity index (χ1v) is 14.9. The number of ether oxygens (including phenoxy) is 2. The third-order valence-electron chi connectivity index (χ3n) is 6.46. The van der Waals surface area contributed by atoms with Gasteiger partial charge in [-0.15, -0.1) is 0 Å². The number of rotatable bonds is 10. The number of likely N-dealkylation sites (N-methyl/N-ethyl adjacent to an activating group) is 1. The number of carbonyl (C=O) groups excluding carboxylic acids is 2. The molecule has 0 bridgehead atoms. The Balaban J connectivity index is 1.75. The number of sulfonamides is 1. The summed E-state index contributed by atoms with van der Waals surface area (Å²) in [6.45, 7) is 1.57. The molecule has 1 aliphatic heterocycles. The van der Waals surface area contributed by atoms with Crippen molar-refractivity contribution in [2.24, 2.45) is 0 Å². The number of nitrogens with one attached hydrogen (secondary N) is 1. The van der Waals surface area contributed by atoms with Gasteiger partial charge >= 0.3 is 0 Å². The van der Waals surface area contributed by atoms with Gasteiger partial charge in [0.15, 0.2) is 11.5 Å². The highest BCUT2D eigenvalue weighted by Crippen LogP contribution is 2.34. The minimum Gasteiger partial charge on any atom is -0.486 e. The third-order valence-corrected chi connectivity index (χ3v) is 8.97. The van der Waals surface area contributed by atoms with Crippen molar-refractivity contribution in [3.8, 4) is 11.5 Å². The summed E-state index contributed by atoms with van der Waals surface area (Å²) in [5.41, 5.74) is 0.634. The molecule has 0 fully saturated rings. The van der Waals surface area contributed by atoms with Gasteiger partial charge in [-0.05, 0) is 60.5 Å². The molecule has 2 amide bonds. The average molecular weight is 625 g/mol. The maximum Gasteiger partial charge on any atom is 0.264 e. The van der Waals surface area contributed by atoms with Gasteiger partial charge in [0.2, 0.25) is 11.8 Å². The van der Waals surface area contributed by atoms with Gasteiger partial charge in [0.1, 0.15) is 31.6 Å². The van der Waals surface area contributed by atoms with Crippen LogP contribution in [-0.4, -0.2) is 58.0 Å². The van der Waals surface area contributed by atoms with Gasteiger partial charge in [-0.3, -0.25) is 13.9 Å². The van der Waals surface area contributed by atoms with Gasteiger partial charge in [-0.2, -0.15) is 0 Å². The van der Waals surface area contributed by atoms with Gasteiger partial charge in [0, 0.05) is 19.7 Å². The second-order valence-corrected chi connectivity index (χ2v) is 11.8. The Morgan fingerprint density at radius 3 is 2.29 bits per heavy atom. The predicted molar refractivity (Wildman–Crippen MR) is 154 cm³/mol. The highest BCUT2D eigenvalue weighted by Gasteiger charge is 2.34. The molecule has 218 valence electrons. The monoisotopic (exact) mass is 623 g/mol. The second kappa shape index (κ2) is 13.0. The predicted octanol–water partition coefficient (Wildman–Crippen LogP) is 4.65. The van der Waals surface area contributed by atoms with Gasteiger partial charge in [0.05, 0.1) is 20.6 Å². The van der Waals surface area contributed by atoms with E-state index in [1.165, 1.54) is 42.3 Å². The Hall–Kier alpha value is -3.54. The minimum absolute atomic E-state index is 0.0526. The molecule has 0 unspecified atom stereocenters. The third kappa shape index (κ3) is 6.86. The van der Waals surface area contributed by atoms with Crippen molar-refractivity contribution in [3.63, 3.8) is 0 Å². The van der Waals surface area contributed by atoms with Crippen molar-refractivity contribution in [3.05, 3.63) is 82.1 Å². The highest BCUT2D eigenvalue weighted by atomic mass is 35.5. The topological polar surface area (TPSA) is 105 Å². The van der Waals surface area contributed by atoms with Crippen LogP contribution in [0.4, 0.5) is 10.1 Å². The van der Waals surface area contributed by atoms with Gasteiger partial charge in [-0.25, -0.2) is 12.8 Å². The molecule has 3 aromatic carbocycles. The van der Waals surface area contributed by atoms with E-state index >= 15 is 0 Å². The standard InChI is InChI=1S/C28H28Cl2FN3O6S/c1-3-24(28(36)32-2)33(16-18-4-10-22(29)23(30)14-18)27(35)17-34(20-7-5-19(31)6-8-20)41(37,38)21-9-11-25-26(15-21)40-13-12-39-25/h4-11,14-15,24H,3,12-13,16-17H2,1-2H3,(H,32,36)/t24-/m1/s1. The normalized spacial score (nSPS) is 13.3. The lowest BCUT2D eigenvalue weighted by Gasteiger charge is -2.33. The van der Waals surface area contributed by atoms with Crippen LogP contribution >= 0.6 is 23.2 Å². The maximum absolute atomic E-state index is 14.0. The van der Waals surface area contributed by atoms with Crippen LogP contribution in [-0.2, 0) is 26.2 Å². The van der Waals surface area contributed by atoms with Crippen LogP contribution < -0.4 is 19.1 Å². The van der Waals surface area contributed by atoms with E-state index in [1.54, 1.807) is 25.1 Å². The van der Waals surface area contributed by atoms with Crippen molar-refractivity contribution in [1.82, 2.24) is 10.2 Å². The van der Waals surface area contributed by atoms with E-state index in [2.05, 4.69) is 5.32 Å². The molecule has 1 N–H and O–H groups in total. The Morgan fingerprint density at radius 2 is 1.66 bits per heavy atom. The van der Waals surface area contributed by atoms with Crippen LogP contribution in [0.25, 0.3) is 0 Å². The fourth-order valence-electron chi connectivity index (χ4n) is 4.37. The molecule has 3 aromatic rings. The molecule has 0 aliphatic carbocycles. The molecule has 0 saturated heterocycles. The Morgan fingerprint density at radius 1 is 0.976 bits per heavy atom. The smallest absolute Gasteiger partial charge is 0.264 e. The summed E-state index contributed by atoms with van der Waals surface area (Å²) >= 11 is 12.2. The van der Waals surface area contributed by atoms with E-state index in [4.69, 9.17) is 32.7 Å². The summed E-state index contributed by atoms with van der Waals surface area (Å²) in [5.74, 6) is -1.04. The van der Waals surface area contributed by atoms with Crippen LogP contribution in [0.2, 0.25) is 10.0 Å². The number of nitrogens with zero attached hydrogens (tertiary/aromatic N) is 2. The molecule has 0 spiro atoms. The fourth-order valence-corrected chi connectivity index (χ4v) is 6.12. The molecule has 1 atom stereocenters. The lowest BCUT2D eigenvalue weighted by atomic mass is 10.1. The lowest BCUT2D eigenvalue weighted by molar-refractivity contribution is -0.140. The fraction of sp³-hybridized carbons (Fsp3) is 0.286. The maximum atomic E-state index is 14.0. The van der Waals surface area contributed by atoms with E-state index < -0.39 is 40.2 Å². The number of fused-ring (bicyclic) bond motifs is 1. The lowest BCUT2D eigenvalue weighted by Crippen LogP contribution is -2.51. The Labute approximate surface area is 247 Å². The minimum atomic E-state index is -4.38. The van der Waals surface area contributed by atoms with E-state index in [1.807, 2.05) is 0 Å². The molecule has 13 heteroatoms. The summed E-state index contributed by atoms with van der Waals surface area (Å²) in [4.78, 5) is 27.9. The highest BCUT2D eigenvalue weighted by molar-refractivity contribution is 7.92. The molecule has 0 saturated carbocycles. The van der Waals surface area contributed by atoms with E-state index in [0.717, 1.165) is 16.4 Å². The molecule has 41 heavy (non-hydrogen) atoms. The number of carbonyl (C=O) groups is 2. The summed E-state index contributed by atoms with van der Waals surface area (Å²) < 4.78 is 53.7. The first-order chi connectivity index (χ1) is 19.5. The van der Waals surface area contributed by atoms with Crippen molar-refractivity contribution in [2.75, 3.05) is 31.1 Å². The largest absolute Gasteiger partial charge is 0.486 e. The SMILES string of the molecule is CC[C@H](C(=O)NC)N(Cc1ccc(Cl)c(Cl)c1)C(=O)CN(c1ccc(F)cc1)S(=O)(=O)c1ccc2c(c1)OCCO2. The van der Waals surface area contributed by atoms with Gasteiger partial charge < -0.3 is 19.7 Å². The number of amides is 2. The Bertz CT molecular complexity index is 1540. The molecular weight excluding hydrogens is 596 g/mol. The first kappa shape index (κ1) is 30.4. The van der Waals surface area contributed by atoms with Crippen LogP contribution in [0, 0.1) is 5.82 Å². The number of benzene rings is 3. The summed E-state index contributed by atoms with van der Waals surface area (Å²) in [7, 11) is -2.94. The summed E-state index contributed by atoms with van der Waals surface area (Å²) in [6, 6.07) is 12.7. The van der Waals surface area contributed by atoms with E-state index in [9.17, 15) is 22.4 Å². The van der Waals surface area contributed by atoms with Gasteiger partial charge in [0.25, 0.3) is 10.0 Å². The first-order valence-electron chi connectivity index (χ1n) is 12.7. The number of halogens is 3. The molecule has 9 nitrogen and oxygen atoms in total. The van der Waals surface area contributed by atoms with Crippen LogP contribution in [0.1, 0.15) is 18.9 Å².